The van der Waals surface area contributed by atoms with E-state index >= 15 is 0 Å². The fourth-order valence-corrected chi connectivity index (χ4v) is 2.06. The van der Waals surface area contributed by atoms with E-state index in [1.807, 2.05) is 0 Å². The van der Waals surface area contributed by atoms with Crippen molar-refractivity contribution in [1.29, 1.82) is 0 Å². The molecule has 0 fully saturated rings. The number of aryl methyl sites for hydroxylation is 2. The summed E-state index contributed by atoms with van der Waals surface area (Å²) in [5, 5.41) is 0. The predicted octanol–water partition coefficient (Wildman–Crippen LogP) is 2.55. The summed E-state index contributed by atoms with van der Waals surface area (Å²) in [6, 6.07) is 4.90. The number of hydrogen-bond acceptors (Lipinski definition) is 2. The lowest BCUT2D eigenvalue weighted by Gasteiger charge is -2.33. The van der Waals surface area contributed by atoms with E-state index < -0.39 is 0 Å². The van der Waals surface area contributed by atoms with Crippen LogP contribution in [0.5, 0.6) is 0 Å². The number of rotatable bonds is 1. The van der Waals surface area contributed by atoms with E-state index in [4.69, 9.17) is 0 Å². The molecule has 2 heteroatoms. The van der Waals surface area contributed by atoms with E-state index in [9.17, 15) is 0 Å². The summed E-state index contributed by atoms with van der Waals surface area (Å²) in [4.78, 5) is 7.05. The summed E-state index contributed by atoms with van der Waals surface area (Å²) >= 11 is 0. The van der Waals surface area contributed by atoms with Crippen molar-refractivity contribution in [2.45, 2.75) is 39.7 Å². The van der Waals surface area contributed by atoms with Gasteiger partial charge in [-0.15, -0.1) is 0 Å². The zero-order chi connectivity index (χ0) is 10.1. The Balaban J connectivity index is 2.41. The van der Waals surface area contributed by atoms with Crippen LogP contribution in [-0.4, -0.2) is 17.6 Å². The van der Waals surface area contributed by atoms with Crippen LogP contribution in [0.1, 0.15) is 31.5 Å². The van der Waals surface area contributed by atoms with Crippen molar-refractivity contribution in [1.82, 2.24) is 4.98 Å². The Morgan fingerprint density at radius 3 is 2.86 bits per heavy atom. The number of aromatic nitrogens is 1. The maximum atomic E-state index is 4.64. The number of anilines is 1. The molecule has 1 aliphatic rings. The highest BCUT2D eigenvalue weighted by Crippen LogP contribution is 2.26. The maximum Gasteiger partial charge on any atom is 0.132 e. The summed E-state index contributed by atoms with van der Waals surface area (Å²) in [5.74, 6) is 1.21. The fourth-order valence-electron chi connectivity index (χ4n) is 2.06. The van der Waals surface area contributed by atoms with E-state index in [1.165, 1.54) is 24.2 Å². The zero-order valence-corrected chi connectivity index (χ0v) is 9.25. The molecular weight excluding hydrogens is 172 g/mol. The molecule has 0 atom stereocenters. The third-order valence-corrected chi connectivity index (χ3v) is 2.84. The van der Waals surface area contributed by atoms with Gasteiger partial charge in [-0.2, -0.15) is 0 Å². The van der Waals surface area contributed by atoms with E-state index in [0.717, 1.165) is 12.2 Å². The highest BCUT2D eigenvalue weighted by Gasteiger charge is 2.19. The predicted molar refractivity (Wildman–Crippen MR) is 59.8 cm³/mol. The van der Waals surface area contributed by atoms with Crippen molar-refractivity contribution >= 4 is 5.82 Å². The first-order chi connectivity index (χ1) is 6.68. The fraction of sp³-hybridized carbons (Fsp3) is 0.583. The number of pyridine rings is 1. The SMILES string of the molecule is Cc1ccc2c(n1)N(C(C)C)CCC2. The Kier molecular flexibility index (Phi) is 2.44. The van der Waals surface area contributed by atoms with Crippen LogP contribution < -0.4 is 4.90 Å². The molecule has 2 nitrogen and oxygen atoms in total. The standard InChI is InChI=1S/C12H18N2/c1-9(2)14-8-4-5-11-7-6-10(3)13-12(11)14/h6-7,9H,4-5,8H2,1-3H3. The molecule has 2 rings (SSSR count). The van der Waals surface area contributed by atoms with E-state index in [2.05, 4.69) is 42.8 Å². The smallest absolute Gasteiger partial charge is 0.132 e. The molecule has 0 unspecified atom stereocenters. The van der Waals surface area contributed by atoms with Crippen LogP contribution in [0.4, 0.5) is 5.82 Å². The lowest BCUT2D eigenvalue weighted by atomic mass is 10.0. The summed E-state index contributed by atoms with van der Waals surface area (Å²) in [6.45, 7) is 7.69. The van der Waals surface area contributed by atoms with Crippen LogP contribution in [0.3, 0.4) is 0 Å². The van der Waals surface area contributed by atoms with Crippen LogP contribution in [-0.2, 0) is 6.42 Å². The monoisotopic (exact) mass is 190 g/mol. The molecule has 0 N–H and O–H groups in total. The van der Waals surface area contributed by atoms with Gasteiger partial charge in [0.05, 0.1) is 0 Å². The van der Waals surface area contributed by atoms with Gasteiger partial charge >= 0.3 is 0 Å². The van der Waals surface area contributed by atoms with Crippen molar-refractivity contribution in [3.05, 3.63) is 23.4 Å². The molecule has 1 aromatic rings. The van der Waals surface area contributed by atoms with Gasteiger partial charge in [0, 0.05) is 18.3 Å². The third kappa shape index (κ3) is 1.61. The summed E-state index contributed by atoms with van der Waals surface area (Å²) in [5.41, 5.74) is 2.53. The molecule has 2 heterocycles. The highest BCUT2D eigenvalue weighted by atomic mass is 15.2. The molecule has 0 aliphatic carbocycles. The van der Waals surface area contributed by atoms with Crippen molar-refractivity contribution in [3.8, 4) is 0 Å². The minimum Gasteiger partial charge on any atom is -0.354 e. The lowest BCUT2D eigenvalue weighted by molar-refractivity contribution is 0.614. The van der Waals surface area contributed by atoms with E-state index in [1.54, 1.807) is 0 Å². The van der Waals surface area contributed by atoms with Crippen LogP contribution in [0.15, 0.2) is 12.1 Å². The Hall–Kier alpha value is -1.05. The van der Waals surface area contributed by atoms with Gasteiger partial charge in [-0.3, -0.25) is 0 Å². The first-order valence-electron chi connectivity index (χ1n) is 5.41. The quantitative estimate of drug-likeness (QED) is 0.676. The number of hydrogen-bond donors (Lipinski definition) is 0. The van der Waals surface area contributed by atoms with Gasteiger partial charge in [0.25, 0.3) is 0 Å². The Morgan fingerprint density at radius 1 is 1.36 bits per heavy atom. The van der Waals surface area contributed by atoms with Gasteiger partial charge in [-0.05, 0) is 45.2 Å². The normalized spacial score (nSPS) is 15.9. The molecule has 0 bridgehead atoms. The molecule has 14 heavy (non-hydrogen) atoms. The molecule has 0 spiro atoms. The summed E-state index contributed by atoms with van der Waals surface area (Å²) in [7, 11) is 0. The largest absolute Gasteiger partial charge is 0.354 e. The van der Waals surface area contributed by atoms with Gasteiger partial charge in [0.1, 0.15) is 5.82 Å². The van der Waals surface area contributed by atoms with E-state index in [0.29, 0.717) is 6.04 Å². The maximum absolute atomic E-state index is 4.64. The minimum absolute atomic E-state index is 0.559. The highest BCUT2D eigenvalue weighted by molar-refractivity contribution is 5.50. The molecule has 1 aromatic heterocycles. The second kappa shape index (κ2) is 3.60. The molecule has 0 saturated carbocycles. The van der Waals surface area contributed by atoms with Crippen LogP contribution in [0.25, 0.3) is 0 Å². The molecule has 1 aliphatic heterocycles. The molecule has 0 aromatic carbocycles. The minimum atomic E-state index is 0.559. The Labute approximate surface area is 86.0 Å². The second-order valence-corrected chi connectivity index (χ2v) is 4.33. The third-order valence-electron chi connectivity index (χ3n) is 2.84. The molecular formula is C12H18N2. The molecule has 76 valence electrons. The lowest BCUT2D eigenvalue weighted by Crippen LogP contribution is -2.36. The summed E-state index contributed by atoms with van der Waals surface area (Å²) in [6.07, 6.45) is 2.45. The van der Waals surface area contributed by atoms with Crippen LogP contribution in [0, 0.1) is 6.92 Å². The van der Waals surface area contributed by atoms with Crippen molar-refractivity contribution in [2.75, 3.05) is 11.4 Å². The average Bonchev–Trinajstić information content (AvgIpc) is 2.16. The van der Waals surface area contributed by atoms with Crippen molar-refractivity contribution < 1.29 is 0 Å². The molecule has 0 saturated heterocycles. The number of fused-ring (bicyclic) bond motifs is 1. The van der Waals surface area contributed by atoms with Gasteiger partial charge in [-0.25, -0.2) is 4.98 Å². The Morgan fingerprint density at radius 2 is 2.14 bits per heavy atom. The second-order valence-electron chi connectivity index (χ2n) is 4.33. The average molecular weight is 190 g/mol. The van der Waals surface area contributed by atoms with Gasteiger partial charge in [-0.1, -0.05) is 6.07 Å². The van der Waals surface area contributed by atoms with Gasteiger partial charge in [0.15, 0.2) is 0 Å². The van der Waals surface area contributed by atoms with Crippen molar-refractivity contribution in [2.24, 2.45) is 0 Å². The van der Waals surface area contributed by atoms with Crippen LogP contribution in [0.2, 0.25) is 0 Å². The molecule has 0 amide bonds. The zero-order valence-electron chi connectivity index (χ0n) is 9.25. The van der Waals surface area contributed by atoms with Crippen LogP contribution >= 0.6 is 0 Å². The first-order valence-corrected chi connectivity index (χ1v) is 5.41. The van der Waals surface area contributed by atoms with E-state index in [-0.39, 0.29) is 0 Å². The van der Waals surface area contributed by atoms with Gasteiger partial charge in [0.2, 0.25) is 0 Å². The first kappa shape index (κ1) is 9.50. The topological polar surface area (TPSA) is 16.1 Å². The Bertz CT molecular complexity index is 331. The molecule has 0 radical (unpaired) electrons. The van der Waals surface area contributed by atoms with Crippen molar-refractivity contribution in [3.63, 3.8) is 0 Å². The number of nitrogens with zero attached hydrogens (tertiary/aromatic N) is 2. The summed E-state index contributed by atoms with van der Waals surface area (Å²) < 4.78 is 0. The van der Waals surface area contributed by atoms with Gasteiger partial charge < -0.3 is 4.90 Å².